The second-order valence-corrected chi connectivity index (χ2v) is 4.52. The Hall–Kier alpha value is -1.10. The molecule has 1 aromatic rings. The second kappa shape index (κ2) is 5.30. The van der Waals surface area contributed by atoms with E-state index in [0.29, 0.717) is 12.1 Å². The van der Waals surface area contributed by atoms with Crippen LogP contribution in [0.15, 0.2) is 27.7 Å². The minimum absolute atomic E-state index is 0.202. The summed E-state index contributed by atoms with van der Waals surface area (Å²) in [5.74, 6) is 0.553. The van der Waals surface area contributed by atoms with Gasteiger partial charge in [0, 0.05) is 29.7 Å². The van der Waals surface area contributed by atoms with Crippen LogP contribution in [0.4, 0.5) is 4.39 Å². The summed E-state index contributed by atoms with van der Waals surface area (Å²) in [6, 6.07) is 4.91. The Balaban J connectivity index is 1.98. The van der Waals surface area contributed by atoms with Crippen LogP contribution >= 0.6 is 15.9 Å². The fraction of sp³-hybridized carbons (Fsp3) is 0.364. The number of hydrogen-bond donors (Lipinski definition) is 2. The minimum atomic E-state index is -0.202. The molecular weight excluding hydrogens is 273 g/mol. The van der Waals surface area contributed by atoms with E-state index in [9.17, 15) is 4.39 Å². The number of rotatable bonds is 2. The van der Waals surface area contributed by atoms with E-state index in [1.807, 2.05) is 0 Å². The predicted octanol–water partition coefficient (Wildman–Crippen LogP) is 2.03. The molecule has 0 spiro atoms. The fourth-order valence-electron chi connectivity index (χ4n) is 1.51. The molecule has 0 radical (unpaired) electrons. The lowest BCUT2D eigenvalue weighted by atomic mass is 10.2. The number of halogens is 2. The molecular formula is C11H13BrFN3. The third-order valence-corrected chi connectivity index (χ3v) is 2.84. The van der Waals surface area contributed by atoms with Crippen LogP contribution < -0.4 is 10.6 Å². The van der Waals surface area contributed by atoms with Crippen molar-refractivity contribution in [2.45, 2.75) is 13.0 Å². The van der Waals surface area contributed by atoms with Crippen LogP contribution in [0.5, 0.6) is 0 Å². The summed E-state index contributed by atoms with van der Waals surface area (Å²) in [6.45, 7) is 2.19. The monoisotopic (exact) mass is 285 g/mol. The van der Waals surface area contributed by atoms with E-state index in [4.69, 9.17) is 0 Å². The molecule has 2 N–H and O–H groups in total. The summed E-state index contributed by atoms with van der Waals surface area (Å²) in [5.41, 5.74) is 0.629. The molecule has 1 aliphatic heterocycles. The molecule has 1 heterocycles. The zero-order valence-corrected chi connectivity index (χ0v) is 10.3. The first kappa shape index (κ1) is 11.4. The van der Waals surface area contributed by atoms with Crippen molar-refractivity contribution >= 4 is 21.9 Å². The highest BCUT2D eigenvalue weighted by Gasteiger charge is 2.06. The zero-order valence-electron chi connectivity index (χ0n) is 8.76. The van der Waals surface area contributed by atoms with E-state index >= 15 is 0 Å². The Morgan fingerprint density at radius 1 is 1.50 bits per heavy atom. The maximum absolute atomic E-state index is 13.4. The molecule has 0 saturated heterocycles. The van der Waals surface area contributed by atoms with E-state index < -0.39 is 0 Å². The molecule has 16 heavy (non-hydrogen) atoms. The van der Waals surface area contributed by atoms with Gasteiger partial charge in [-0.05, 0) is 24.6 Å². The van der Waals surface area contributed by atoms with Crippen molar-refractivity contribution < 1.29 is 4.39 Å². The van der Waals surface area contributed by atoms with E-state index in [0.717, 1.165) is 29.9 Å². The van der Waals surface area contributed by atoms with Crippen LogP contribution in [0.3, 0.4) is 0 Å². The van der Waals surface area contributed by atoms with Crippen molar-refractivity contribution in [1.29, 1.82) is 0 Å². The summed E-state index contributed by atoms with van der Waals surface area (Å²) in [7, 11) is 0. The molecule has 1 aromatic carbocycles. The van der Waals surface area contributed by atoms with Gasteiger partial charge in [-0.3, -0.25) is 4.99 Å². The molecule has 0 aliphatic carbocycles. The Labute approximate surface area is 102 Å². The number of benzene rings is 1. The van der Waals surface area contributed by atoms with E-state index in [1.54, 1.807) is 12.1 Å². The van der Waals surface area contributed by atoms with Crippen LogP contribution in [0.2, 0.25) is 0 Å². The normalized spacial score (nSPS) is 15.2. The standard InChI is InChI=1S/C11H13BrFN3/c12-9-2-3-10(13)8(6-9)7-16-11-14-4-1-5-15-11/h2-3,6H,1,4-5,7H2,(H2,14,15,16). The van der Waals surface area contributed by atoms with Crippen molar-refractivity contribution in [3.8, 4) is 0 Å². The number of hydrogen-bond acceptors (Lipinski definition) is 3. The molecule has 0 bridgehead atoms. The van der Waals surface area contributed by atoms with E-state index in [2.05, 4.69) is 31.6 Å². The lowest BCUT2D eigenvalue weighted by molar-refractivity contribution is 0.602. The van der Waals surface area contributed by atoms with Gasteiger partial charge in [0.05, 0.1) is 0 Å². The first-order valence-corrected chi connectivity index (χ1v) is 6.01. The minimum Gasteiger partial charge on any atom is -0.356 e. The predicted molar refractivity (Wildman–Crippen MR) is 65.9 cm³/mol. The maximum atomic E-state index is 13.4. The Bertz CT molecular complexity index is 406. The van der Waals surface area contributed by atoms with Crippen LogP contribution in [-0.4, -0.2) is 19.0 Å². The highest BCUT2D eigenvalue weighted by Crippen LogP contribution is 2.15. The van der Waals surface area contributed by atoms with Crippen LogP contribution in [0.25, 0.3) is 0 Å². The second-order valence-electron chi connectivity index (χ2n) is 3.60. The molecule has 1 aliphatic rings. The average molecular weight is 286 g/mol. The molecule has 0 fully saturated rings. The largest absolute Gasteiger partial charge is 0.356 e. The molecule has 86 valence electrons. The number of nitrogens with one attached hydrogen (secondary N) is 2. The Kier molecular flexibility index (Phi) is 3.77. The molecule has 0 amide bonds. The average Bonchev–Trinajstić information content (AvgIpc) is 2.32. The molecule has 0 saturated carbocycles. The quantitative estimate of drug-likeness (QED) is 0.872. The van der Waals surface area contributed by atoms with Gasteiger partial charge in [0.25, 0.3) is 0 Å². The van der Waals surface area contributed by atoms with E-state index in [-0.39, 0.29) is 5.82 Å². The SMILES string of the molecule is Fc1ccc(Br)cc1CNC1=NCCCN1. The van der Waals surface area contributed by atoms with Crippen molar-refractivity contribution in [3.63, 3.8) is 0 Å². The Morgan fingerprint density at radius 2 is 2.38 bits per heavy atom. The van der Waals surface area contributed by atoms with Crippen molar-refractivity contribution in [3.05, 3.63) is 34.1 Å². The fourth-order valence-corrected chi connectivity index (χ4v) is 1.92. The molecule has 0 aromatic heterocycles. The molecule has 0 atom stereocenters. The lowest BCUT2D eigenvalue weighted by Gasteiger charge is -2.16. The number of aliphatic imine (C=N–C) groups is 1. The first-order valence-electron chi connectivity index (χ1n) is 5.22. The molecule has 3 nitrogen and oxygen atoms in total. The van der Waals surface area contributed by atoms with Crippen molar-refractivity contribution in [1.82, 2.24) is 10.6 Å². The third kappa shape index (κ3) is 2.95. The van der Waals surface area contributed by atoms with E-state index in [1.165, 1.54) is 6.07 Å². The molecule has 5 heteroatoms. The third-order valence-electron chi connectivity index (χ3n) is 2.35. The van der Waals surface area contributed by atoms with Crippen LogP contribution in [0.1, 0.15) is 12.0 Å². The molecule has 2 rings (SSSR count). The van der Waals surface area contributed by atoms with Gasteiger partial charge in [-0.2, -0.15) is 0 Å². The number of nitrogens with zero attached hydrogens (tertiary/aromatic N) is 1. The van der Waals surface area contributed by atoms with Gasteiger partial charge in [-0.25, -0.2) is 4.39 Å². The smallest absolute Gasteiger partial charge is 0.191 e. The van der Waals surface area contributed by atoms with Crippen molar-refractivity contribution in [2.24, 2.45) is 4.99 Å². The topological polar surface area (TPSA) is 36.4 Å². The summed E-state index contributed by atoms with van der Waals surface area (Å²) in [5, 5.41) is 6.21. The van der Waals surface area contributed by atoms with Gasteiger partial charge in [-0.15, -0.1) is 0 Å². The Morgan fingerprint density at radius 3 is 3.12 bits per heavy atom. The van der Waals surface area contributed by atoms with Gasteiger partial charge in [0.2, 0.25) is 0 Å². The van der Waals surface area contributed by atoms with Gasteiger partial charge >= 0.3 is 0 Å². The van der Waals surface area contributed by atoms with Gasteiger partial charge < -0.3 is 10.6 Å². The summed E-state index contributed by atoms with van der Waals surface area (Å²) in [4.78, 5) is 4.26. The van der Waals surface area contributed by atoms with Crippen LogP contribution in [-0.2, 0) is 6.54 Å². The zero-order chi connectivity index (χ0) is 11.4. The van der Waals surface area contributed by atoms with Crippen molar-refractivity contribution in [2.75, 3.05) is 13.1 Å². The van der Waals surface area contributed by atoms with Gasteiger partial charge in [0.15, 0.2) is 5.96 Å². The van der Waals surface area contributed by atoms with Gasteiger partial charge in [-0.1, -0.05) is 15.9 Å². The highest BCUT2D eigenvalue weighted by molar-refractivity contribution is 9.10. The van der Waals surface area contributed by atoms with Crippen LogP contribution in [0, 0.1) is 5.82 Å². The number of guanidine groups is 1. The summed E-state index contributed by atoms with van der Waals surface area (Å²) in [6.07, 6.45) is 1.05. The molecule has 0 unspecified atom stereocenters. The van der Waals surface area contributed by atoms with Gasteiger partial charge in [0.1, 0.15) is 5.82 Å². The summed E-state index contributed by atoms with van der Waals surface area (Å²) < 4.78 is 14.3. The highest BCUT2D eigenvalue weighted by atomic mass is 79.9. The summed E-state index contributed by atoms with van der Waals surface area (Å²) >= 11 is 3.32. The maximum Gasteiger partial charge on any atom is 0.191 e. The first-order chi connectivity index (χ1) is 7.75. The lowest BCUT2D eigenvalue weighted by Crippen LogP contribution is -2.40.